The van der Waals surface area contributed by atoms with E-state index in [0.717, 1.165) is 22.9 Å². The largest absolute Gasteiger partial charge is 0.387 e. The standard InChI is InChI=1S/C9H13N5OS/c1-3-14-8(10-5-11-14)4-7(15)9-6(2)12-13-16-9/h5,7,15H,3-4H2,1-2H3. The van der Waals surface area contributed by atoms with Crippen LogP contribution in [0.5, 0.6) is 0 Å². The summed E-state index contributed by atoms with van der Waals surface area (Å²) >= 11 is 1.22. The molecular weight excluding hydrogens is 226 g/mol. The van der Waals surface area contributed by atoms with Crippen LogP contribution in [-0.4, -0.2) is 29.5 Å². The fraction of sp³-hybridized carbons (Fsp3) is 0.556. The van der Waals surface area contributed by atoms with Crippen molar-refractivity contribution in [1.29, 1.82) is 0 Å². The quantitative estimate of drug-likeness (QED) is 0.851. The van der Waals surface area contributed by atoms with E-state index in [4.69, 9.17) is 0 Å². The lowest BCUT2D eigenvalue weighted by Gasteiger charge is -2.08. The Morgan fingerprint density at radius 2 is 2.38 bits per heavy atom. The van der Waals surface area contributed by atoms with Crippen LogP contribution in [0.3, 0.4) is 0 Å². The van der Waals surface area contributed by atoms with Crippen molar-refractivity contribution in [1.82, 2.24) is 24.4 Å². The van der Waals surface area contributed by atoms with Crippen molar-refractivity contribution in [2.24, 2.45) is 0 Å². The predicted octanol–water partition coefficient (Wildman–Crippen LogP) is 0.734. The van der Waals surface area contributed by atoms with Crippen molar-refractivity contribution in [2.75, 3.05) is 0 Å². The van der Waals surface area contributed by atoms with Crippen LogP contribution in [0, 0.1) is 6.92 Å². The average molecular weight is 239 g/mol. The zero-order chi connectivity index (χ0) is 11.5. The Bertz CT molecular complexity index is 466. The maximum absolute atomic E-state index is 10.0. The van der Waals surface area contributed by atoms with Gasteiger partial charge in [-0.05, 0) is 25.4 Å². The van der Waals surface area contributed by atoms with Crippen molar-refractivity contribution in [2.45, 2.75) is 32.9 Å². The Morgan fingerprint density at radius 3 is 3.00 bits per heavy atom. The lowest BCUT2D eigenvalue weighted by Crippen LogP contribution is -2.09. The molecule has 0 spiro atoms. The van der Waals surface area contributed by atoms with E-state index in [9.17, 15) is 5.11 Å². The van der Waals surface area contributed by atoms with E-state index >= 15 is 0 Å². The molecule has 7 heteroatoms. The normalized spacial score (nSPS) is 12.9. The molecule has 16 heavy (non-hydrogen) atoms. The Morgan fingerprint density at radius 1 is 1.56 bits per heavy atom. The molecule has 0 saturated carbocycles. The zero-order valence-electron chi connectivity index (χ0n) is 9.16. The highest BCUT2D eigenvalue weighted by atomic mass is 32.1. The molecule has 0 aliphatic heterocycles. The summed E-state index contributed by atoms with van der Waals surface area (Å²) in [4.78, 5) is 4.92. The number of nitrogens with zero attached hydrogens (tertiary/aromatic N) is 5. The van der Waals surface area contributed by atoms with Gasteiger partial charge in [-0.3, -0.25) is 4.68 Å². The monoisotopic (exact) mass is 239 g/mol. The predicted molar refractivity (Wildman–Crippen MR) is 59.0 cm³/mol. The third-order valence-corrected chi connectivity index (χ3v) is 3.29. The Hall–Kier alpha value is -1.34. The third kappa shape index (κ3) is 2.10. The zero-order valence-corrected chi connectivity index (χ0v) is 9.98. The second-order valence-corrected chi connectivity index (χ2v) is 4.22. The van der Waals surface area contributed by atoms with Crippen molar-refractivity contribution in [3.63, 3.8) is 0 Å². The molecule has 2 aromatic heterocycles. The van der Waals surface area contributed by atoms with Gasteiger partial charge in [0.05, 0.1) is 16.7 Å². The minimum absolute atomic E-state index is 0.443. The van der Waals surface area contributed by atoms with Crippen LogP contribution in [0.25, 0.3) is 0 Å². The van der Waals surface area contributed by atoms with Crippen LogP contribution in [-0.2, 0) is 13.0 Å². The molecule has 0 saturated heterocycles. The molecule has 1 atom stereocenters. The van der Waals surface area contributed by atoms with Crippen molar-refractivity contribution >= 4 is 11.5 Å². The SMILES string of the molecule is CCn1ncnc1CC(O)c1snnc1C. The number of hydrogen-bond acceptors (Lipinski definition) is 6. The molecule has 86 valence electrons. The smallest absolute Gasteiger partial charge is 0.138 e. The topological polar surface area (TPSA) is 76.7 Å². The van der Waals surface area contributed by atoms with Gasteiger partial charge in [-0.1, -0.05) is 4.49 Å². The van der Waals surface area contributed by atoms with Gasteiger partial charge in [0.25, 0.3) is 0 Å². The highest BCUT2D eigenvalue weighted by molar-refractivity contribution is 7.05. The molecule has 1 unspecified atom stereocenters. The maximum atomic E-state index is 10.0. The first kappa shape index (κ1) is 11.2. The summed E-state index contributed by atoms with van der Waals surface area (Å²) in [6, 6.07) is 0. The lowest BCUT2D eigenvalue weighted by molar-refractivity contribution is 0.177. The molecule has 0 aliphatic rings. The third-order valence-electron chi connectivity index (χ3n) is 2.36. The van der Waals surface area contributed by atoms with Crippen LogP contribution >= 0.6 is 11.5 Å². The number of aromatic nitrogens is 5. The minimum atomic E-state index is -0.602. The average Bonchev–Trinajstić information content (AvgIpc) is 2.86. The van der Waals surface area contributed by atoms with E-state index in [1.807, 2.05) is 13.8 Å². The summed E-state index contributed by atoms with van der Waals surface area (Å²) < 4.78 is 5.57. The molecule has 0 fully saturated rings. The molecule has 6 nitrogen and oxygen atoms in total. The van der Waals surface area contributed by atoms with Gasteiger partial charge >= 0.3 is 0 Å². The fourth-order valence-corrected chi connectivity index (χ4v) is 2.15. The van der Waals surface area contributed by atoms with E-state index in [2.05, 4.69) is 19.7 Å². The number of aryl methyl sites for hydroxylation is 2. The van der Waals surface area contributed by atoms with Gasteiger partial charge in [0.1, 0.15) is 12.2 Å². The highest BCUT2D eigenvalue weighted by Crippen LogP contribution is 2.22. The Labute approximate surface area is 97.1 Å². The van der Waals surface area contributed by atoms with Gasteiger partial charge in [-0.2, -0.15) is 5.10 Å². The van der Waals surface area contributed by atoms with Gasteiger partial charge in [0.2, 0.25) is 0 Å². The van der Waals surface area contributed by atoms with Crippen LogP contribution in [0.4, 0.5) is 0 Å². The van der Waals surface area contributed by atoms with E-state index < -0.39 is 6.10 Å². The molecular formula is C9H13N5OS. The van der Waals surface area contributed by atoms with Gasteiger partial charge in [0.15, 0.2) is 0 Å². The second-order valence-electron chi connectivity index (χ2n) is 3.43. The van der Waals surface area contributed by atoms with Gasteiger partial charge in [-0.15, -0.1) is 5.10 Å². The Kier molecular flexibility index (Phi) is 3.25. The second kappa shape index (κ2) is 4.67. The van der Waals surface area contributed by atoms with Crippen LogP contribution in [0.1, 0.15) is 29.4 Å². The van der Waals surface area contributed by atoms with E-state index in [-0.39, 0.29) is 0 Å². The first-order valence-electron chi connectivity index (χ1n) is 5.06. The van der Waals surface area contributed by atoms with Gasteiger partial charge in [-0.25, -0.2) is 4.98 Å². The van der Waals surface area contributed by atoms with Crippen molar-refractivity contribution in [3.05, 3.63) is 22.7 Å². The molecule has 2 aromatic rings. The van der Waals surface area contributed by atoms with E-state index in [1.165, 1.54) is 17.9 Å². The lowest BCUT2D eigenvalue weighted by atomic mass is 10.2. The van der Waals surface area contributed by atoms with Gasteiger partial charge in [0, 0.05) is 13.0 Å². The molecule has 1 N–H and O–H groups in total. The summed E-state index contributed by atoms with van der Waals surface area (Å²) in [7, 11) is 0. The summed E-state index contributed by atoms with van der Waals surface area (Å²) in [6.45, 7) is 4.58. The molecule has 0 bridgehead atoms. The number of hydrogen-bond donors (Lipinski definition) is 1. The van der Waals surface area contributed by atoms with Gasteiger partial charge < -0.3 is 5.11 Å². The molecule has 0 radical (unpaired) electrons. The maximum Gasteiger partial charge on any atom is 0.138 e. The fourth-order valence-electron chi connectivity index (χ4n) is 1.52. The Balaban J connectivity index is 2.13. The first-order valence-corrected chi connectivity index (χ1v) is 5.83. The van der Waals surface area contributed by atoms with Crippen molar-refractivity contribution in [3.8, 4) is 0 Å². The summed E-state index contributed by atoms with van der Waals surface area (Å²) in [5.74, 6) is 0.780. The summed E-state index contributed by atoms with van der Waals surface area (Å²) in [5.41, 5.74) is 0.778. The highest BCUT2D eigenvalue weighted by Gasteiger charge is 2.17. The number of aliphatic hydroxyl groups is 1. The van der Waals surface area contributed by atoms with Crippen molar-refractivity contribution < 1.29 is 5.11 Å². The number of rotatable bonds is 4. The minimum Gasteiger partial charge on any atom is -0.387 e. The molecule has 0 aliphatic carbocycles. The van der Waals surface area contributed by atoms with E-state index in [1.54, 1.807) is 4.68 Å². The molecule has 2 rings (SSSR count). The molecule has 2 heterocycles. The molecule has 0 amide bonds. The molecule has 0 aromatic carbocycles. The summed E-state index contributed by atoms with van der Waals surface area (Å²) in [6.07, 6.45) is 1.34. The number of aliphatic hydroxyl groups excluding tert-OH is 1. The summed E-state index contributed by atoms with van der Waals surface area (Å²) in [5, 5.41) is 18.0. The van der Waals surface area contributed by atoms with Crippen LogP contribution in [0.15, 0.2) is 6.33 Å². The van der Waals surface area contributed by atoms with E-state index in [0.29, 0.717) is 6.42 Å². The first-order chi connectivity index (χ1) is 7.72. The van der Waals surface area contributed by atoms with Crippen LogP contribution < -0.4 is 0 Å². The van der Waals surface area contributed by atoms with Crippen LogP contribution in [0.2, 0.25) is 0 Å².